The number of amides is 1. The van der Waals surface area contributed by atoms with Crippen molar-refractivity contribution in [1.29, 1.82) is 0 Å². The number of likely N-dealkylation sites (N-methyl/N-ethyl adjacent to an activating group) is 1. The van der Waals surface area contributed by atoms with Gasteiger partial charge in [0.1, 0.15) is 11.9 Å². The van der Waals surface area contributed by atoms with Gasteiger partial charge >= 0.3 is 0 Å². The monoisotopic (exact) mass is 416 g/mol. The summed E-state index contributed by atoms with van der Waals surface area (Å²) >= 11 is 3.24. The molecule has 0 saturated heterocycles. The number of benzene rings is 1. The van der Waals surface area contributed by atoms with E-state index in [1.54, 1.807) is 24.3 Å². The molecule has 24 heavy (non-hydrogen) atoms. The molecule has 1 aromatic heterocycles. The summed E-state index contributed by atoms with van der Waals surface area (Å²) in [5.74, 6) is -0.199. The number of carbonyl (C=O) groups is 1. The fourth-order valence-electron chi connectivity index (χ4n) is 1.92. The normalized spacial score (nSPS) is 13.0. The molecule has 1 amide bonds. The fourth-order valence-corrected chi connectivity index (χ4v) is 3.31. The quantitative estimate of drug-likeness (QED) is 0.712. The highest BCUT2D eigenvalue weighted by molar-refractivity contribution is 9.10. The van der Waals surface area contributed by atoms with E-state index in [0.717, 1.165) is 8.78 Å². The van der Waals surface area contributed by atoms with Crippen LogP contribution in [-0.2, 0) is 14.8 Å². The number of nitrogens with zero attached hydrogens (tertiary/aromatic N) is 1. The lowest BCUT2D eigenvalue weighted by Crippen LogP contribution is -2.39. The summed E-state index contributed by atoms with van der Waals surface area (Å²) in [6, 6.07) is 9.34. The Hall–Kier alpha value is -1.68. The minimum atomic E-state index is -3.76. The van der Waals surface area contributed by atoms with Gasteiger partial charge < -0.3 is 14.8 Å². The van der Waals surface area contributed by atoms with Crippen LogP contribution in [0.3, 0.4) is 0 Å². The number of aliphatic hydroxyl groups excluding tert-OH is 1. The van der Waals surface area contributed by atoms with Crippen molar-refractivity contribution >= 4 is 31.9 Å². The van der Waals surface area contributed by atoms with Gasteiger partial charge in [-0.3, -0.25) is 4.79 Å². The highest BCUT2D eigenvalue weighted by Crippen LogP contribution is 2.17. The Bertz CT molecular complexity index is 775. The van der Waals surface area contributed by atoms with Crippen LogP contribution in [0.2, 0.25) is 0 Å². The number of carbonyl (C=O) groups excluding carboxylic acids is 1. The second-order valence-corrected chi connectivity index (χ2v) is 8.01. The number of nitrogens with one attached hydrogen (secondary N) is 1. The molecule has 1 heterocycles. The minimum Gasteiger partial charge on any atom is -0.467 e. The molecule has 0 aliphatic heterocycles. The van der Waals surface area contributed by atoms with Crippen LogP contribution in [0.15, 0.2) is 56.4 Å². The van der Waals surface area contributed by atoms with Crippen LogP contribution in [0.5, 0.6) is 0 Å². The van der Waals surface area contributed by atoms with Gasteiger partial charge in [-0.1, -0.05) is 15.9 Å². The van der Waals surface area contributed by atoms with Crippen molar-refractivity contribution in [1.82, 2.24) is 9.62 Å². The van der Waals surface area contributed by atoms with Gasteiger partial charge in [-0.05, 0) is 36.4 Å². The Morgan fingerprint density at radius 3 is 2.58 bits per heavy atom. The molecule has 1 unspecified atom stereocenters. The average Bonchev–Trinajstić information content (AvgIpc) is 3.07. The maximum Gasteiger partial charge on any atom is 0.243 e. The Morgan fingerprint density at radius 1 is 1.33 bits per heavy atom. The standard InChI is InChI=1S/C15H17BrN2O5S/c1-18(24(21,22)12-6-4-11(16)5-7-12)10-15(20)17-9-13(19)14-3-2-8-23-14/h2-8,13,19H,9-10H2,1H3,(H,17,20). The lowest BCUT2D eigenvalue weighted by Gasteiger charge is -2.17. The van der Waals surface area contributed by atoms with E-state index in [2.05, 4.69) is 21.2 Å². The van der Waals surface area contributed by atoms with Gasteiger partial charge in [0.25, 0.3) is 0 Å². The van der Waals surface area contributed by atoms with Crippen molar-refractivity contribution in [3.63, 3.8) is 0 Å². The van der Waals surface area contributed by atoms with Gasteiger partial charge in [-0.25, -0.2) is 8.42 Å². The molecule has 2 aromatic rings. The van der Waals surface area contributed by atoms with Gasteiger partial charge in [0.05, 0.1) is 24.2 Å². The number of sulfonamides is 1. The molecule has 1 atom stereocenters. The molecule has 0 aliphatic rings. The van der Waals surface area contributed by atoms with Crippen molar-refractivity contribution in [2.24, 2.45) is 0 Å². The van der Waals surface area contributed by atoms with Gasteiger partial charge in [0.2, 0.25) is 15.9 Å². The van der Waals surface area contributed by atoms with Crippen molar-refractivity contribution in [2.75, 3.05) is 20.1 Å². The van der Waals surface area contributed by atoms with E-state index in [1.165, 1.54) is 25.4 Å². The smallest absolute Gasteiger partial charge is 0.243 e. The SMILES string of the molecule is CN(CC(=O)NCC(O)c1ccco1)S(=O)(=O)c1ccc(Br)cc1. The van der Waals surface area contributed by atoms with Crippen LogP contribution in [0, 0.1) is 0 Å². The maximum absolute atomic E-state index is 12.4. The summed E-state index contributed by atoms with van der Waals surface area (Å²) in [5.41, 5.74) is 0. The molecule has 7 nitrogen and oxygen atoms in total. The van der Waals surface area contributed by atoms with Gasteiger partial charge in [0.15, 0.2) is 0 Å². The minimum absolute atomic E-state index is 0.0709. The van der Waals surface area contributed by atoms with Crippen molar-refractivity contribution < 1.29 is 22.7 Å². The lowest BCUT2D eigenvalue weighted by atomic mass is 10.3. The molecule has 130 valence electrons. The van der Waals surface area contributed by atoms with E-state index < -0.39 is 22.0 Å². The third kappa shape index (κ3) is 4.67. The molecule has 0 bridgehead atoms. The number of furan rings is 1. The van der Waals surface area contributed by atoms with Gasteiger partial charge in [-0.2, -0.15) is 4.31 Å². The predicted molar refractivity (Wildman–Crippen MR) is 90.6 cm³/mol. The second-order valence-electron chi connectivity index (χ2n) is 5.05. The van der Waals surface area contributed by atoms with Crippen LogP contribution in [0.25, 0.3) is 0 Å². The lowest BCUT2D eigenvalue weighted by molar-refractivity contribution is -0.121. The third-order valence-electron chi connectivity index (χ3n) is 3.25. The number of halogens is 1. The molecule has 1 aromatic carbocycles. The van der Waals surface area contributed by atoms with E-state index in [-0.39, 0.29) is 18.0 Å². The Morgan fingerprint density at radius 2 is 2.00 bits per heavy atom. The van der Waals surface area contributed by atoms with Crippen LogP contribution in [-0.4, -0.2) is 43.9 Å². The van der Waals surface area contributed by atoms with Crippen LogP contribution < -0.4 is 5.32 Å². The summed E-state index contributed by atoms with van der Waals surface area (Å²) in [6.07, 6.45) is 0.427. The molecule has 0 spiro atoms. The van der Waals surface area contributed by atoms with E-state index in [1.807, 2.05) is 0 Å². The van der Waals surface area contributed by atoms with Crippen LogP contribution in [0.1, 0.15) is 11.9 Å². The molecular formula is C15H17BrN2O5S. The number of aliphatic hydroxyl groups is 1. The van der Waals surface area contributed by atoms with Gasteiger partial charge in [-0.15, -0.1) is 0 Å². The average molecular weight is 417 g/mol. The third-order valence-corrected chi connectivity index (χ3v) is 5.60. The first-order valence-electron chi connectivity index (χ1n) is 7.01. The van der Waals surface area contributed by atoms with Crippen molar-refractivity contribution in [3.8, 4) is 0 Å². The summed E-state index contributed by atoms with van der Waals surface area (Å²) in [5, 5.41) is 12.3. The zero-order valence-corrected chi connectivity index (χ0v) is 15.2. The molecule has 9 heteroatoms. The van der Waals surface area contributed by atoms with E-state index in [0.29, 0.717) is 5.76 Å². The second kappa shape index (κ2) is 7.93. The molecule has 0 radical (unpaired) electrons. The van der Waals surface area contributed by atoms with E-state index in [4.69, 9.17) is 4.42 Å². The molecular weight excluding hydrogens is 400 g/mol. The zero-order chi connectivity index (χ0) is 17.7. The number of hydrogen-bond donors (Lipinski definition) is 2. The summed E-state index contributed by atoms with van der Waals surface area (Å²) in [4.78, 5) is 12.0. The van der Waals surface area contributed by atoms with Crippen molar-refractivity contribution in [3.05, 3.63) is 52.9 Å². The van der Waals surface area contributed by atoms with Crippen molar-refractivity contribution in [2.45, 2.75) is 11.0 Å². The largest absolute Gasteiger partial charge is 0.467 e. The highest BCUT2D eigenvalue weighted by atomic mass is 79.9. The first kappa shape index (κ1) is 18.7. The summed E-state index contributed by atoms with van der Waals surface area (Å²) in [7, 11) is -2.44. The summed E-state index contributed by atoms with van der Waals surface area (Å²) in [6.45, 7) is -0.429. The van der Waals surface area contributed by atoms with E-state index >= 15 is 0 Å². The van der Waals surface area contributed by atoms with Crippen LogP contribution in [0.4, 0.5) is 0 Å². The molecule has 2 N–H and O–H groups in total. The molecule has 0 aliphatic carbocycles. The molecule has 2 rings (SSSR count). The predicted octanol–water partition coefficient (Wildman–Crippen LogP) is 1.51. The number of rotatable bonds is 7. The Balaban J connectivity index is 1.92. The number of hydrogen-bond acceptors (Lipinski definition) is 5. The Kier molecular flexibility index (Phi) is 6.16. The topological polar surface area (TPSA) is 99.8 Å². The highest BCUT2D eigenvalue weighted by Gasteiger charge is 2.23. The van der Waals surface area contributed by atoms with E-state index in [9.17, 15) is 18.3 Å². The Labute approximate surface area is 148 Å². The first-order chi connectivity index (χ1) is 11.3. The summed E-state index contributed by atoms with van der Waals surface area (Å²) < 4.78 is 31.5. The molecule has 0 fully saturated rings. The fraction of sp³-hybridized carbons (Fsp3) is 0.267. The zero-order valence-electron chi connectivity index (χ0n) is 12.8. The maximum atomic E-state index is 12.4. The first-order valence-corrected chi connectivity index (χ1v) is 9.24. The van der Waals surface area contributed by atoms with Gasteiger partial charge in [0, 0.05) is 11.5 Å². The van der Waals surface area contributed by atoms with Crippen LogP contribution >= 0.6 is 15.9 Å². The molecule has 0 saturated carbocycles.